The van der Waals surface area contributed by atoms with E-state index >= 15 is 0 Å². The highest BCUT2D eigenvalue weighted by atomic mass is 32.1. The van der Waals surface area contributed by atoms with Crippen molar-refractivity contribution in [1.29, 1.82) is 0 Å². The largest absolute Gasteiger partial charge is 0.314 e. The number of nitrogens with zero attached hydrogens (tertiary/aromatic N) is 1. The summed E-state index contributed by atoms with van der Waals surface area (Å²) in [6.07, 6.45) is 4.03. The molecular formula is C15H24N2S. The van der Waals surface area contributed by atoms with Gasteiger partial charge in [0, 0.05) is 36.6 Å². The van der Waals surface area contributed by atoms with Crippen LogP contribution in [0.15, 0.2) is 11.4 Å². The SMILES string of the molecule is CC(C)C1CNCCN1C1CCCc2sccc21. The van der Waals surface area contributed by atoms with Crippen LogP contribution in [-0.2, 0) is 6.42 Å². The molecule has 1 N–H and O–H groups in total. The third-order valence-corrected chi connectivity index (χ3v) is 5.51. The van der Waals surface area contributed by atoms with Crippen molar-refractivity contribution in [3.8, 4) is 0 Å². The molecule has 1 aromatic heterocycles. The highest BCUT2D eigenvalue weighted by Gasteiger charge is 2.33. The molecule has 1 aromatic rings. The summed E-state index contributed by atoms with van der Waals surface area (Å²) in [7, 11) is 0. The molecule has 0 radical (unpaired) electrons. The molecule has 3 heteroatoms. The molecule has 2 unspecified atom stereocenters. The van der Waals surface area contributed by atoms with Gasteiger partial charge in [-0.25, -0.2) is 0 Å². The number of aryl methyl sites for hydroxylation is 1. The first-order valence-electron chi connectivity index (χ1n) is 7.30. The predicted octanol–water partition coefficient (Wildman–Crippen LogP) is 3.06. The standard InChI is InChI=1S/C15H24N2S/c1-11(2)14-10-16-7-8-17(14)13-4-3-5-15-12(13)6-9-18-15/h6,9,11,13-14,16H,3-5,7-8,10H2,1-2H3. The summed E-state index contributed by atoms with van der Waals surface area (Å²) in [5.41, 5.74) is 1.64. The van der Waals surface area contributed by atoms with Gasteiger partial charge < -0.3 is 5.32 Å². The van der Waals surface area contributed by atoms with Crippen molar-refractivity contribution in [2.24, 2.45) is 5.92 Å². The number of hydrogen-bond acceptors (Lipinski definition) is 3. The summed E-state index contributed by atoms with van der Waals surface area (Å²) in [6.45, 7) is 8.25. The van der Waals surface area contributed by atoms with Gasteiger partial charge in [0.05, 0.1) is 0 Å². The van der Waals surface area contributed by atoms with Crippen molar-refractivity contribution < 1.29 is 0 Å². The maximum atomic E-state index is 3.56. The van der Waals surface area contributed by atoms with Gasteiger partial charge in [-0.1, -0.05) is 13.8 Å². The topological polar surface area (TPSA) is 15.3 Å². The lowest BCUT2D eigenvalue weighted by Crippen LogP contribution is -2.54. The molecule has 1 aliphatic carbocycles. The van der Waals surface area contributed by atoms with Crippen molar-refractivity contribution in [2.45, 2.75) is 45.2 Å². The maximum Gasteiger partial charge on any atom is 0.0363 e. The van der Waals surface area contributed by atoms with Crippen LogP contribution in [0.2, 0.25) is 0 Å². The summed E-state index contributed by atoms with van der Waals surface area (Å²) in [6, 6.07) is 3.77. The molecule has 2 heterocycles. The Labute approximate surface area is 114 Å². The van der Waals surface area contributed by atoms with E-state index in [4.69, 9.17) is 0 Å². The number of thiophene rings is 1. The quantitative estimate of drug-likeness (QED) is 0.883. The molecule has 0 spiro atoms. The van der Waals surface area contributed by atoms with Gasteiger partial charge >= 0.3 is 0 Å². The van der Waals surface area contributed by atoms with Crippen molar-refractivity contribution in [3.05, 3.63) is 21.9 Å². The van der Waals surface area contributed by atoms with E-state index in [2.05, 4.69) is 35.5 Å². The Hall–Kier alpha value is -0.380. The van der Waals surface area contributed by atoms with Crippen LogP contribution in [0.3, 0.4) is 0 Å². The minimum Gasteiger partial charge on any atom is -0.314 e. The average molecular weight is 264 g/mol. The van der Waals surface area contributed by atoms with E-state index in [1.165, 1.54) is 25.8 Å². The average Bonchev–Trinajstić information content (AvgIpc) is 2.86. The number of rotatable bonds is 2. The Kier molecular flexibility index (Phi) is 3.73. The van der Waals surface area contributed by atoms with Crippen molar-refractivity contribution >= 4 is 11.3 Å². The molecule has 1 aliphatic heterocycles. The molecule has 0 bridgehead atoms. The van der Waals surface area contributed by atoms with Crippen LogP contribution in [0.25, 0.3) is 0 Å². The first-order chi connectivity index (χ1) is 8.77. The molecule has 2 atom stereocenters. The second kappa shape index (κ2) is 5.32. The van der Waals surface area contributed by atoms with Crippen LogP contribution in [0.1, 0.15) is 43.2 Å². The third-order valence-electron chi connectivity index (χ3n) is 4.52. The van der Waals surface area contributed by atoms with Gasteiger partial charge in [-0.05, 0) is 42.2 Å². The molecule has 100 valence electrons. The summed E-state index contributed by atoms with van der Waals surface area (Å²) in [5, 5.41) is 5.85. The Morgan fingerprint density at radius 1 is 1.44 bits per heavy atom. The summed E-state index contributed by atoms with van der Waals surface area (Å²) < 4.78 is 0. The zero-order valence-corrected chi connectivity index (χ0v) is 12.3. The molecule has 1 saturated heterocycles. The Morgan fingerprint density at radius 2 is 2.33 bits per heavy atom. The maximum absolute atomic E-state index is 3.56. The lowest BCUT2D eigenvalue weighted by atomic mass is 9.89. The van der Waals surface area contributed by atoms with E-state index in [0.717, 1.165) is 19.0 Å². The number of fused-ring (bicyclic) bond motifs is 1. The monoisotopic (exact) mass is 264 g/mol. The molecule has 0 amide bonds. The van der Waals surface area contributed by atoms with Crippen LogP contribution >= 0.6 is 11.3 Å². The Morgan fingerprint density at radius 3 is 3.17 bits per heavy atom. The first-order valence-corrected chi connectivity index (χ1v) is 8.18. The zero-order valence-electron chi connectivity index (χ0n) is 11.5. The van der Waals surface area contributed by atoms with Crippen molar-refractivity contribution in [1.82, 2.24) is 10.2 Å². The molecule has 18 heavy (non-hydrogen) atoms. The lowest BCUT2D eigenvalue weighted by molar-refractivity contribution is 0.0680. The third kappa shape index (κ3) is 2.24. The van der Waals surface area contributed by atoms with E-state index in [1.807, 2.05) is 11.3 Å². The van der Waals surface area contributed by atoms with Crippen LogP contribution in [-0.4, -0.2) is 30.6 Å². The number of nitrogens with one attached hydrogen (secondary N) is 1. The van der Waals surface area contributed by atoms with Gasteiger partial charge in [0.25, 0.3) is 0 Å². The molecule has 2 aliphatic rings. The van der Waals surface area contributed by atoms with Crippen molar-refractivity contribution in [2.75, 3.05) is 19.6 Å². The highest BCUT2D eigenvalue weighted by molar-refractivity contribution is 7.10. The minimum absolute atomic E-state index is 0.689. The molecule has 0 aromatic carbocycles. The van der Waals surface area contributed by atoms with Gasteiger partial charge in [-0.2, -0.15) is 0 Å². The second-order valence-electron chi connectivity index (χ2n) is 5.96. The van der Waals surface area contributed by atoms with Gasteiger partial charge in [0.1, 0.15) is 0 Å². The van der Waals surface area contributed by atoms with Gasteiger partial charge in [-0.3, -0.25) is 4.90 Å². The minimum atomic E-state index is 0.689. The molecule has 2 nitrogen and oxygen atoms in total. The van der Waals surface area contributed by atoms with Crippen LogP contribution in [0.5, 0.6) is 0 Å². The van der Waals surface area contributed by atoms with Crippen LogP contribution < -0.4 is 5.32 Å². The van der Waals surface area contributed by atoms with Crippen molar-refractivity contribution in [3.63, 3.8) is 0 Å². The van der Waals surface area contributed by atoms with Crippen LogP contribution in [0.4, 0.5) is 0 Å². The Balaban J connectivity index is 1.86. The fraction of sp³-hybridized carbons (Fsp3) is 0.733. The summed E-state index contributed by atoms with van der Waals surface area (Å²) in [5.74, 6) is 0.738. The normalized spacial score (nSPS) is 29.5. The van der Waals surface area contributed by atoms with E-state index in [0.29, 0.717) is 12.1 Å². The smallest absolute Gasteiger partial charge is 0.0363 e. The predicted molar refractivity (Wildman–Crippen MR) is 78.2 cm³/mol. The lowest BCUT2D eigenvalue weighted by Gasteiger charge is -2.44. The summed E-state index contributed by atoms with van der Waals surface area (Å²) >= 11 is 1.96. The Bertz CT molecular complexity index is 399. The molecule has 0 saturated carbocycles. The first kappa shape index (κ1) is 12.6. The van der Waals surface area contributed by atoms with Gasteiger partial charge in [-0.15, -0.1) is 11.3 Å². The molecule has 3 rings (SSSR count). The summed E-state index contributed by atoms with van der Waals surface area (Å²) in [4.78, 5) is 4.43. The second-order valence-corrected chi connectivity index (χ2v) is 6.96. The number of piperazine rings is 1. The van der Waals surface area contributed by atoms with Crippen LogP contribution in [0, 0.1) is 5.92 Å². The molecule has 1 fully saturated rings. The number of hydrogen-bond donors (Lipinski definition) is 1. The van der Waals surface area contributed by atoms with Gasteiger partial charge in [0.15, 0.2) is 0 Å². The van der Waals surface area contributed by atoms with E-state index < -0.39 is 0 Å². The van der Waals surface area contributed by atoms with E-state index in [9.17, 15) is 0 Å². The van der Waals surface area contributed by atoms with E-state index in [1.54, 1.807) is 10.4 Å². The fourth-order valence-corrected chi connectivity index (χ4v) is 4.53. The highest BCUT2D eigenvalue weighted by Crippen LogP contribution is 2.39. The van der Waals surface area contributed by atoms with Gasteiger partial charge in [0.2, 0.25) is 0 Å². The van der Waals surface area contributed by atoms with E-state index in [-0.39, 0.29) is 0 Å². The zero-order chi connectivity index (χ0) is 12.5. The fourth-order valence-electron chi connectivity index (χ4n) is 3.55. The molecular weight excluding hydrogens is 240 g/mol.